The van der Waals surface area contributed by atoms with Crippen LogP contribution in [0.15, 0.2) is 24.3 Å². The average molecular weight is 378 g/mol. The molecule has 146 valence electrons. The lowest BCUT2D eigenvalue weighted by Crippen LogP contribution is -3.20. The van der Waals surface area contributed by atoms with E-state index >= 15 is 0 Å². The molecule has 0 aromatic heterocycles. The molecule has 9 heteroatoms. The number of anilines is 1. The molecule has 0 saturated carbocycles. The summed E-state index contributed by atoms with van der Waals surface area (Å²) in [6, 6.07) is 5.68. The number of hydrogen-bond donors (Lipinski definition) is 3. The second-order valence-electron chi connectivity index (χ2n) is 6.05. The van der Waals surface area contributed by atoms with Gasteiger partial charge in [-0.2, -0.15) is 0 Å². The van der Waals surface area contributed by atoms with Crippen LogP contribution in [0.25, 0.3) is 0 Å². The Labute approximate surface area is 157 Å². The molecule has 1 aliphatic rings. The Bertz CT molecular complexity index is 704. The van der Waals surface area contributed by atoms with Crippen LogP contribution < -0.4 is 15.5 Å². The van der Waals surface area contributed by atoms with Gasteiger partial charge < -0.3 is 25.0 Å². The number of hydrogen-bond acceptors (Lipinski definition) is 6. The zero-order chi connectivity index (χ0) is 19.8. The molecule has 1 saturated heterocycles. The number of nitrogens with one attached hydrogen (secondary N) is 3. The predicted molar refractivity (Wildman–Crippen MR) is 95.2 cm³/mol. The van der Waals surface area contributed by atoms with Crippen LogP contribution in [0.5, 0.6) is 0 Å². The zero-order valence-electron chi connectivity index (χ0n) is 15.4. The molecule has 1 heterocycles. The lowest BCUT2D eigenvalue weighted by atomic mass is 10.1. The van der Waals surface area contributed by atoms with Crippen LogP contribution >= 0.6 is 0 Å². The van der Waals surface area contributed by atoms with Gasteiger partial charge in [0, 0.05) is 5.69 Å². The fourth-order valence-corrected chi connectivity index (χ4v) is 2.84. The Balaban J connectivity index is 1.96. The SMILES string of the molecule is CCOC(=O)c1ccc(NC(=O)C[NH+]2CCNC(=O)[C@H]2CC(=O)OC)cc1. The summed E-state index contributed by atoms with van der Waals surface area (Å²) in [5.74, 6) is -1.49. The van der Waals surface area contributed by atoms with Crippen molar-refractivity contribution in [2.24, 2.45) is 0 Å². The number of esters is 2. The molecule has 0 radical (unpaired) electrons. The highest BCUT2D eigenvalue weighted by Crippen LogP contribution is 2.10. The standard InChI is InChI=1S/C18H23N3O6/c1-3-27-18(25)12-4-6-13(7-5-12)20-15(22)11-21-9-8-19-17(24)14(21)10-16(23)26-2/h4-7,14H,3,8-11H2,1-2H3,(H,19,24)(H,20,22)/p+1/t14-/m1/s1. The van der Waals surface area contributed by atoms with E-state index in [-0.39, 0.29) is 31.4 Å². The van der Waals surface area contributed by atoms with Crippen molar-refractivity contribution in [3.8, 4) is 0 Å². The van der Waals surface area contributed by atoms with Crippen LogP contribution in [0, 0.1) is 0 Å². The molecule has 27 heavy (non-hydrogen) atoms. The van der Waals surface area contributed by atoms with E-state index < -0.39 is 18.0 Å². The van der Waals surface area contributed by atoms with Gasteiger partial charge in [-0.15, -0.1) is 0 Å². The molecule has 1 aliphatic heterocycles. The number of ether oxygens (including phenoxy) is 2. The minimum Gasteiger partial charge on any atom is -0.469 e. The summed E-state index contributed by atoms with van der Waals surface area (Å²) in [6.45, 7) is 3.02. The van der Waals surface area contributed by atoms with E-state index in [2.05, 4.69) is 15.4 Å². The fourth-order valence-electron chi connectivity index (χ4n) is 2.84. The lowest BCUT2D eigenvalue weighted by Gasteiger charge is -2.30. The van der Waals surface area contributed by atoms with Gasteiger partial charge in [0.25, 0.3) is 11.8 Å². The van der Waals surface area contributed by atoms with Gasteiger partial charge in [-0.3, -0.25) is 14.4 Å². The van der Waals surface area contributed by atoms with E-state index in [0.29, 0.717) is 29.2 Å². The van der Waals surface area contributed by atoms with Gasteiger partial charge in [0.2, 0.25) is 0 Å². The summed E-state index contributed by atoms with van der Waals surface area (Å²) in [7, 11) is 1.26. The van der Waals surface area contributed by atoms with E-state index in [1.54, 1.807) is 31.2 Å². The van der Waals surface area contributed by atoms with Gasteiger partial charge in [0.1, 0.15) is 6.42 Å². The van der Waals surface area contributed by atoms with Crippen LogP contribution in [0.3, 0.4) is 0 Å². The van der Waals surface area contributed by atoms with Gasteiger partial charge in [0.05, 0.1) is 32.4 Å². The maximum absolute atomic E-state index is 12.3. The van der Waals surface area contributed by atoms with Crippen LogP contribution in [0.1, 0.15) is 23.7 Å². The smallest absolute Gasteiger partial charge is 0.338 e. The van der Waals surface area contributed by atoms with E-state index in [0.717, 1.165) is 0 Å². The highest BCUT2D eigenvalue weighted by molar-refractivity contribution is 5.93. The van der Waals surface area contributed by atoms with Crippen molar-refractivity contribution in [2.75, 3.05) is 38.7 Å². The number of carbonyl (C=O) groups is 4. The Hall–Kier alpha value is -2.94. The molecule has 1 aromatic rings. The topological polar surface area (TPSA) is 115 Å². The van der Waals surface area contributed by atoms with E-state index in [4.69, 9.17) is 4.74 Å². The third-order valence-corrected chi connectivity index (χ3v) is 4.22. The summed E-state index contributed by atoms with van der Waals surface area (Å²) >= 11 is 0. The van der Waals surface area contributed by atoms with E-state index in [1.165, 1.54) is 7.11 Å². The maximum atomic E-state index is 12.3. The van der Waals surface area contributed by atoms with Crippen molar-refractivity contribution >= 4 is 29.4 Å². The summed E-state index contributed by atoms with van der Waals surface area (Å²) in [6.07, 6.45) is -0.0841. The van der Waals surface area contributed by atoms with Crippen molar-refractivity contribution in [1.82, 2.24) is 5.32 Å². The molecule has 0 bridgehead atoms. The molecular weight excluding hydrogens is 354 g/mol. The van der Waals surface area contributed by atoms with Gasteiger partial charge in [-0.1, -0.05) is 0 Å². The third kappa shape index (κ3) is 5.78. The Morgan fingerprint density at radius 3 is 2.59 bits per heavy atom. The zero-order valence-corrected chi connectivity index (χ0v) is 15.4. The molecule has 1 aromatic carbocycles. The van der Waals surface area contributed by atoms with Gasteiger partial charge in [-0.05, 0) is 31.2 Å². The molecule has 2 amide bonds. The fraction of sp³-hybridized carbons (Fsp3) is 0.444. The molecule has 1 unspecified atom stereocenters. The first-order valence-electron chi connectivity index (χ1n) is 8.70. The van der Waals surface area contributed by atoms with Crippen molar-refractivity contribution in [2.45, 2.75) is 19.4 Å². The first kappa shape index (κ1) is 20.4. The number of rotatable bonds is 7. The summed E-state index contributed by atoms with van der Waals surface area (Å²) in [5.41, 5.74) is 0.921. The largest absolute Gasteiger partial charge is 0.469 e. The highest BCUT2D eigenvalue weighted by atomic mass is 16.5. The Kier molecular flexibility index (Phi) is 7.30. The maximum Gasteiger partial charge on any atom is 0.338 e. The summed E-state index contributed by atoms with van der Waals surface area (Å²) in [5, 5.41) is 5.43. The number of quaternary nitrogens is 1. The number of amides is 2. The first-order valence-corrected chi connectivity index (χ1v) is 8.70. The predicted octanol–water partition coefficient (Wildman–Crippen LogP) is -1.25. The van der Waals surface area contributed by atoms with Crippen LogP contribution in [-0.4, -0.2) is 63.1 Å². The molecule has 0 spiro atoms. The molecule has 1 fully saturated rings. The van der Waals surface area contributed by atoms with Crippen molar-refractivity contribution in [1.29, 1.82) is 0 Å². The second-order valence-corrected chi connectivity index (χ2v) is 6.05. The number of benzene rings is 1. The number of piperazine rings is 1. The summed E-state index contributed by atoms with van der Waals surface area (Å²) < 4.78 is 9.53. The summed E-state index contributed by atoms with van der Waals surface area (Å²) in [4.78, 5) is 48.2. The second kappa shape index (κ2) is 9.67. The van der Waals surface area contributed by atoms with Gasteiger partial charge in [0.15, 0.2) is 12.6 Å². The molecule has 2 rings (SSSR count). The first-order chi connectivity index (χ1) is 12.9. The van der Waals surface area contributed by atoms with Crippen molar-refractivity contribution in [3.05, 3.63) is 29.8 Å². The van der Waals surface area contributed by atoms with E-state index in [1.807, 2.05) is 0 Å². The Morgan fingerprint density at radius 2 is 1.96 bits per heavy atom. The number of carbonyl (C=O) groups excluding carboxylic acids is 4. The number of methoxy groups -OCH3 is 1. The van der Waals surface area contributed by atoms with Crippen LogP contribution in [0.4, 0.5) is 5.69 Å². The van der Waals surface area contributed by atoms with Crippen LogP contribution in [-0.2, 0) is 23.9 Å². The Morgan fingerprint density at radius 1 is 1.26 bits per heavy atom. The normalized spacial score (nSPS) is 19.0. The van der Waals surface area contributed by atoms with Crippen molar-refractivity contribution < 1.29 is 33.6 Å². The molecule has 3 N–H and O–H groups in total. The van der Waals surface area contributed by atoms with Gasteiger partial charge in [-0.25, -0.2) is 4.79 Å². The lowest BCUT2D eigenvalue weighted by molar-refractivity contribution is -0.909. The molecular formula is C18H24N3O6+. The average Bonchev–Trinajstić information content (AvgIpc) is 2.65. The monoisotopic (exact) mass is 378 g/mol. The molecule has 2 atom stereocenters. The molecule has 0 aliphatic carbocycles. The van der Waals surface area contributed by atoms with Gasteiger partial charge >= 0.3 is 11.9 Å². The highest BCUT2D eigenvalue weighted by Gasteiger charge is 2.36. The minimum absolute atomic E-state index is 0.0364. The minimum atomic E-state index is -0.664. The van der Waals surface area contributed by atoms with E-state index in [9.17, 15) is 19.2 Å². The third-order valence-electron chi connectivity index (χ3n) is 4.22. The quantitative estimate of drug-likeness (QED) is 0.511. The van der Waals surface area contributed by atoms with Crippen LogP contribution in [0.2, 0.25) is 0 Å². The molecule has 9 nitrogen and oxygen atoms in total. The van der Waals surface area contributed by atoms with Crippen molar-refractivity contribution in [3.63, 3.8) is 0 Å².